The third-order valence-electron chi connectivity index (χ3n) is 6.20. The fourth-order valence-corrected chi connectivity index (χ4v) is 4.45. The summed E-state index contributed by atoms with van der Waals surface area (Å²) >= 11 is 0. The van der Waals surface area contributed by atoms with Gasteiger partial charge in [-0.3, -0.25) is 9.36 Å². The van der Waals surface area contributed by atoms with Crippen LogP contribution >= 0.6 is 0 Å². The third-order valence-corrected chi connectivity index (χ3v) is 6.20. The van der Waals surface area contributed by atoms with Crippen LogP contribution in [0.25, 0.3) is 16.9 Å². The molecule has 2 aliphatic rings. The Morgan fingerprint density at radius 3 is 2.66 bits per heavy atom. The number of anilines is 2. The molecule has 0 bridgehead atoms. The summed E-state index contributed by atoms with van der Waals surface area (Å²) in [6.45, 7) is 2.58. The molecule has 0 atom stereocenters. The van der Waals surface area contributed by atoms with E-state index in [1.54, 1.807) is 37.4 Å². The number of para-hydroxylation sites is 2. The smallest absolute Gasteiger partial charge is 0.296 e. The normalized spacial score (nSPS) is 20.2. The van der Waals surface area contributed by atoms with Crippen molar-refractivity contribution in [1.82, 2.24) is 30.2 Å². The Morgan fingerprint density at radius 1 is 1.14 bits per heavy atom. The number of nitrogens with zero attached hydrogens (tertiary/aromatic N) is 5. The number of rotatable bonds is 8. The summed E-state index contributed by atoms with van der Waals surface area (Å²) in [7, 11) is 1.73. The van der Waals surface area contributed by atoms with Gasteiger partial charge in [-0.25, -0.2) is 13.8 Å². The Kier molecular flexibility index (Phi) is 6.73. The summed E-state index contributed by atoms with van der Waals surface area (Å²) < 4.78 is 34.8. The number of ether oxygens (including phenoxy) is 1. The van der Waals surface area contributed by atoms with Gasteiger partial charge in [0.25, 0.3) is 6.43 Å². The molecule has 1 amide bonds. The van der Waals surface area contributed by atoms with Gasteiger partial charge in [-0.2, -0.15) is 9.97 Å². The average molecular weight is 487 g/mol. The molecule has 2 aromatic heterocycles. The minimum Gasteiger partial charge on any atom is -0.378 e. The first-order valence-electron chi connectivity index (χ1n) is 11.7. The van der Waals surface area contributed by atoms with Crippen LogP contribution in [0.2, 0.25) is 0 Å². The van der Waals surface area contributed by atoms with Crippen molar-refractivity contribution < 1.29 is 18.3 Å². The van der Waals surface area contributed by atoms with Crippen LogP contribution in [0, 0.1) is 0 Å². The van der Waals surface area contributed by atoms with Crippen LogP contribution in [0.3, 0.4) is 0 Å². The highest BCUT2D eigenvalue weighted by atomic mass is 19.3. The molecule has 1 saturated carbocycles. The van der Waals surface area contributed by atoms with Crippen molar-refractivity contribution in [2.45, 2.75) is 31.4 Å². The fraction of sp³-hybridized carbons (Fsp3) is 0.478. The first kappa shape index (κ1) is 23.4. The molecule has 35 heavy (non-hydrogen) atoms. The molecule has 0 radical (unpaired) electrons. The van der Waals surface area contributed by atoms with Crippen LogP contribution in [-0.2, 0) is 9.53 Å². The van der Waals surface area contributed by atoms with Gasteiger partial charge in [0, 0.05) is 31.2 Å². The first-order valence-corrected chi connectivity index (χ1v) is 11.7. The Labute approximate surface area is 201 Å². The molecular weight excluding hydrogens is 458 g/mol. The number of amides is 1. The second kappa shape index (κ2) is 10.1. The van der Waals surface area contributed by atoms with Gasteiger partial charge in [0.05, 0.1) is 30.8 Å². The molecule has 0 spiro atoms. The molecule has 1 aliphatic carbocycles. The fourth-order valence-electron chi connectivity index (χ4n) is 4.45. The van der Waals surface area contributed by atoms with Gasteiger partial charge in [-0.15, -0.1) is 0 Å². The van der Waals surface area contributed by atoms with E-state index < -0.39 is 6.43 Å². The number of benzene rings is 1. The second-order valence-corrected chi connectivity index (χ2v) is 8.71. The van der Waals surface area contributed by atoms with E-state index >= 15 is 0 Å². The van der Waals surface area contributed by atoms with E-state index in [1.807, 2.05) is 4.90 Å². The summed E-state index contributed by atoms with van der Waals surface area (Å²) in [5.74, 6) is 0.913. The quantitative estimate of drug-likeness (QED) is 0.443. The van der Waals surface area contributed by atoms with Gasteiger partial charge in [-0.05, 0) is 32.0 Å². The summed E-state index contributed by atoms with van der Waals surface area (Å²) in [6.07, 6.45) is -1.27. The van der Waals surface area contributed by atoms with Crippen molar-refractivity contribution in [2.24, 2.45) is 0 Å². The summed E-state index contributed by atoms with van der Waals surface area (Å²) in [6, 6.07) is 8.89. The number of hydrogen-bond acceptors (Lipinski definition) is 8. The number of imidazole rings is 1. The van der Waals surface area contributed by atoms with Crippen LogP contribution in [0.5, 0.6) is 0 Å². The number of nitrogens with one attached hydrogen (secondary N) is 3. The summed E-state index contributed by atoms with van der Waals surface area (Å²) in [5, 5.41) is 9.21. The minimum atomic E-state index is -2.77. The van der Waals surface area contributed by atoms with Crippen LogP contribution in [0.4, 0.5) is 20.5 Å². The predicted octanol–water partition coefficient (Wildman–Crippen LogP) is 1.87. The van der Waals surface area contributed by atoms with Crippen molar-refractivity contribution in [1.29, 1.82) is 0 Å². The zero-order valence-electron chi connectivity index (χ0n) is 19.4. The molecule has 186 valence electrons. The largest absolute Gasteiger partial charge is 0.378 e. The van der Waals surface area contributed by atoms with E-state index in [9.17, 15) is 13.6 Å². The zero-order chi connectivity index (χ0) is 24.4. The van der Waals surface area contributed by atoms with Crippen molar-refractivity contribution in [3.8, 4) is 5.82 Å². The third kappa shape index (κ3) is 5.03. The van der Waals surface area contributed by atoms with E-state index in [1.165, 1.54) is 4.57 Å². The number of aromatic nitrogens is 4. The monoisotopic (exact) mass is 486 g/mol. The first-order chi connectivity index (χ1) is 17.0. The molecule has 10 nitrogen and oxygen atoms in total. The molecule has 12 heteroatoms. The average Bonchev–Trinajstić information content (AvgIpc) is 3.23. The maximum Gasteiger partial charge on any atom is 0.296 e. The molecule has 1 aromatic carbocycles. The lowest BCUT2D eigenvalue weighted by Gasteiger charge is -2.37. The Hall–Kier alpha value is -3.38. The number of likely N-dealkylation sites (N-methyl/N-ethyl adjacent to an activating group) is 1. The van der Waals surface area contributed by atoms with Gasteiger partial charge in [0.1, 0.15) is 11.6 Å². The number of halogens is 2. The molecule has 3 aromatic rings. The molecule has 3 heterocycles. The maximum absolute atomic E-state index is 14.0. The number of alkyl halides is 2. The lowest BCUT2D eigenvalue weighted by atomic mass is 9.86. The Bertz CT molecular complexity index is 1190. The topological polar surface area (TPSA) is 109 Å². The van der Waals surface area contributed by atoms with Gasteiger partial charge in [0.15, 0.2) is 5.82 Å². The zero-order valence-corrected chi connectivity index (χ0v) is 19.4. The van der Waals surface area contributed by atoms with Crippen LogP contribution in [0.15, 0.2) is 30.3 Å². The summed E-state index contributed by atoms with van der Waals surface area (Å²) in [5.41, 5.74) is 1.03. The highest BCUT2D eigenvalue weighted by Crippen LogP contribution is 2.30. The standard InChI is InChI=1S/C23H28F2N8O2/c1-26-13-20(34)28-15-10-14(11-15)27-18-12-19(31-23(30-18)32-6-8-35-9-7-32)33-17-5-3-2-4-16(17)29-22(33)21(24)25/h2-5,12,14-15,21,26H,6-11,13H2,1H3,(H,28,34)(H,27,30,31). The Morgan fingerprint density at radius 2 is 1.91 bits per heavy atom. The van der Waals surface area contributed by atoms with E-state index in [2.05, 4.69) is 30.9 Å². The predicted molar refractivity (Wildman–Crippen MR) is 127 cm³/mol. The van der Waals surface area contributed by atoms with Gasteiger partial charge in [0.2, 0.25) is 11.9 Å². The second-order valence-electron chi connectivity index (χ2n) is 8.71. The maximum atomic E-state index is 14.0. The number of carbonyl (C=O) groups excluding carboxylic acids is 1. The van der Waals surface area contributed by atoms with Crippen molar-refractivity contribution in [3.05, 3.63) is 36.2 Å². The van der Waals surface area contributed by atoms with Crippen molar-refractivity contribution in [2.75, 3.05) is 50.1 Å². The number of hydrogen-bond donors (Lipinski definition) is 3. The van der Waals surface area contributed by atoms with E-state index in [-0.39, 0.29) is 30.4 Å². The van der Waals surface area contributed by atoms with Gasteiger partial charge >= 0.3 is 0 Å². The van der Waals surface area contributed by atoms with Crippen LogP contribution in [0.1, 0.15) is 25.1 Å². The molecule has 3 N–H and O–H groups in total. The lowest BCUT2D eigenvalue weighted by Crippen LogP contribution is -2.51. The van der Waals surface area contributed by atoms with E-state index in [0.29, 0.717) is 54.9 Å². The minimum absolute atomic E-state index is 0.0404. The number of carbonyl (C=O) groups is 1. The van der Waals surface area contributed by atoms with Crippen molar-refractivity contribution >= 4 is 28.7 Å². The van der Waals surface area contributed by atoms with Gasteiger partial charge in [-0.1, -0.05) is 12.1 Å². The molecule has 1 saturated heterocycles. The van der Waals surface area contributed by atoms with Gasteiger partial charge < -0.3 is 25.6 Å². The molecule has 0 unspecified atom stereocenters. The highest BCUT2D eigenvalue weighted by molar-refractivity contribution is 5.79. The van der Waals surface area contributed by atoms with E-state index in [4.69, 9.17) is 4.74 Å². The summed E-state index contributed by atoms with van der Waals surface area (Å²) in [4.78, 5) is 27.3. The Balaban J connectivity index is 1.45. The molecule has 1 aliphatic heterocycles. The van der Waals surface area contributed by atoms with E-state index in [0.717, 1.165) is 12.8 Å². The SMILES string of the molecule is CNCC(=O)NC1CC(Nc2cc(-n3c(C(F)F)nc4ccccc43)nc(N3CCOCC3)n2)C1. The number of fused-ring (bicyclic) bond motifs is 1. The van der Waals surface area contributed by atoms with Crippen LogP contribution in [-0.4, -0.2) is 77.4 Å². The van der Waals surface area contributed by atoms with Crippen molar-refractivity contribution in [3.63, 3.8) is 0 Å². The lowest BCUT2D eigenvalue weighted by molar-refractivity contribution is -0.121. The molecule has 2 fully saturated rings. The highest BCUT2D eigenvalue weighted by Gasteiger charge is 2.31. The molecular formula is C23H28F2N8O2. The number of morpholine rings is 1. The van der Waals surface area contributed by atoms with Crippen LogP contribution < -0.4 is 20.9 Å². The molecule has 5 rings (SSSR count).